The van der Waals surface area contributed by atoms with Gasteiger partial charge in [0.1, 0.15) is 0 Å². The summed E-state index contributed by atoms with van der Waals surface area (Å²) in [6.45, 7) is 3.61. The van der Waals surface area contributed by atoms with E-state index in [1.165, 1.54) is 11.3 Å². The van der Waals surface area contributed by atoms with Gasteiger partial charge in [0.25, 0.3) is 11.8 Å². The molecule has 0 fully saturated rings. The Kier molecular flexibility index (Phi) is 5.58. The molecule has 0 aliphatic carbocycles. The molecule has 0 N–H and O–H groups in total. The number of esters is 1. The first-order valence-electron chi connectivity index (χ1n) is 8.19. The molecule has 26 heavy (non-hydrogen) atoms. The predicted molar refractivity (Wildman–Crippen MR) is 96.9 cm³/mol. The van der Waals surface area contributed by atoms with E-state index < -0.39 is 12.1 Å². The van der Waals surface area contributed by atoms with Gasteiger partial charge in [0.15, 0.2) is 11.9 Å². The van der Waals surface area contributed by atoms with Crippen LogP contribution in [0.25, 0.3) is 10.8 Å². The standard InChI is InChI=1S/C19H18N2O4S/c1-12-5-7-14(8-6-12)15(22)9-10-17(23)24-13(2)18-20-21-19(25-18)16-4-3-11-26-16/h3-8,11,13H,9-10H2,1-2H3. The topological polar surface area (TPSA) is 82.3 Å². The van der Waals surface area contributed by atoms with Crippen LogP contribution in [-0.2, 0) is 9.53 Å². The molecule has 0 aliphatic rings. The van der Waals surface area contributed by atoms with Crippen LogP contribution in [0.5, 0.6) is 0 Å². The molecular weight excluding hydrogens is 352 g/mol. The lowest BCUT2D eigenvalue weighted by atomic mass is 10.1. The van der Waals surface area contributed by atoms with Crippen molar-refractivity contribution in [2.24, 2.45) is 0 Å². The Balaban J connectivity index is 1.51. The van der Waals surface area contributed by atoms with Gasteiger partial charge in [-0.15, -0.1) is 21.5 Å². The zero-order chi connectivity index (χ0) is 18.5. The van der Waals surface area contributed by atoms with Crippen molar-refractivity contribution in [2.45, 2.75) is 32.8 Å². The molecule has 3 aromatic rings. The molecule has 0 bridgehead atoms. The van der Waals surface area contributed by atoms with Crippen molar-refractivity contribution < 1.29 is 18.7 Å². The van der Waals surface area contributed by atoms with Crippen molar-refractivity contribution in [2.75, 3.05) is 0 Å². The molecule has 1 aromatic carbocycles. The minimum Gasteiger partial charge on any atom is -0.453 e. The molecule has 0 saturated carbocycles. The number of benzene rings is 1. The number of hydrogen-bond acceptors (Lipinski definition) is 7. The number of ketones is 1. The van der Waals surface area contributed by atoms with Crippen molar-refractivity contribution in [3.8, 4) is 10.8 Å². The van der Waals surface area contributed by atoms with E-state index in [1.807, 2.05) is 36.6 Å². The maximum Gasteiger partial charge on any atom is 0.307 e. The van der Waals surface area contributed by atoms with E-state index in [4.69, 9.17) is 9.15 Å². The second kappa shape index (κ2) is 8.05. The molecule has 6 nitrogen and oxygen atoms in total. The highest BCUT2D eigenvalue weighted by molar-refractivity contribution is 7.13. The quantitative estimate of drug-likeness (QED) is 0.453. The summed E-state index contributed by atoms with van der Waals surface area (Å²) in [6.07, 6.45) is -0.569. The van der Waals surface area contributed by atoms with Gasteiger partial charge in [-0.05, 0) is 25.3 Å². The van der Waals surface area contributed by atoms with Crippen LogP contribution in [0, 0.1) is 6.92 Å². The smallest absolute Gasteiger partial charge is 0.307 e. The molecule has 0 aliphatic heterocycles. The van der Waals surface area contributed by atoms with Gasteiger partial charge < -0.3 is 9.15 Å². The summed E-state index contributed by atoms with van der Waals surface area (Å²) >= 11 is 1.48. The Morgan fingerprint density at radius 2 is 1.92 bits per heavy atom. The first-order valence-corrected chi connectivity index (χ1v) is 9.07. The highest BCUT2D eigenvalue weighted by Crippen LogP contribution is 2.26. The molecule has 2 heterocycles. The van der Waals surface area contributed by atoms with Gasteiger partial charge in [-0.1, -0.05) is 35.9 Å². The Bertz CT molecular complexity index is 885. The zero-order valence-corrected chi connectivity index (χ0v) is 15.3. The number of aromatic nitrogens is 2. The van der Waals surface area contributed by atoms with E-state index in [0.29, 0.717) is 11.5 Å². The normalized spacial score (nSPS) is 11.9. The highest BCUT2D eigenvalue weighted by Gasteiger charge is 2.20. The number of carbonyl (C=O) groups excluding carboxylic acids is 2. The van der Waals surface area contributed by atoms with Gasteiger partial charge in [0, 0.05) is 12.0 Å². The van der Waals surface area contributed by atoms with Gasteiger partial charge in [-0.3, -0.25) is 9.59 Å². The van der Waals surface area contributed by atoms with Crippen LogP contribution in [0.2, 0.25) is 0 Å². The Morgan fingerprint density at radius 3 is 2.62 bits per heavy atom. The third kappa shape index (κ3) is 4.43. The summed E-state index contributed by atoms with van der Waals surface area (Å²) in [4.78, 5) is 24.9. The van der Waals surface area contributed by atoms with Crippen LogP contribution < -0.4 is 0 Å². The second-order valence-corrected chi connectivity index (χ2v) is 6.79. The number of rotatable bonds is 7. The fraction of sp³-hybridized carbons (Fsp3) is 0.263. The molecule has 0 saturated heterocycles. The molecule has 134 valence electrons. The van der Waals surface area contributed by atoms with Gasteiger partial charge in [-0.2, -0.15) is 0 Å². The first-order chi connectivity index (χ1) is 12.5. The first kappa shape index (κ1) is 18.0. The van der Waals surface area contributed by atoms with Gasteiger partial charge in [0.2, 0.25) is 0 Å². The Morgan fingerprint density at radius 1 is 1.15 bits per heavy atom. The number of nitrogens with zero attached hydrogens (tertiary/aromatic N) is 2. The van der Waals surface area contributed by atoms with Crippen LogP contribution in [0.1, 0.15) is 47.7 Å². The lowest BCUT2D eigenvalue weighted by molar-refractivity contribution is -0.149. The van der Waals surface area contributed by atoms with Crippen molar-refractivity contribution in [3.63, 3.8) is 0 Å². The van der Waals surface area contributed by atoms with Crippen LogP contribution in [0.4, 0.5) is 0 Å². The summed E-state index contributed by atoms with van der Waals surface area (Å²) in [7, 11) is 0. The summed E-state index contributed by atoms with van der Waals surface area (Å²) in [6, 6.07) is 11.0. The highest BCUT2D eigenvalue weighted by atomic mass is 32.1. The van der Waals surface area contributed by atoms with Gasteiger partial charge in [-0.25, -0.2) is 0 Å². The van der Waals surface area contributed by atoms with E-state index in [-0.39, 0.29) is 24.5 Å². The van der Waals surface area contributed by atoms with Crippen molar-refractivity contribution in [3.05, 3.63) is 58.8 Å². The molecule has 0 amide bonds. The second-order valence-electron chi connectivity index (χ2n) is 5.84. The third-order valence-corrected chi connectivity index (χ3v) is 4.62. The Hall–Kier alpha value is -2.80. The van der Waals surface area contributed by atoms with Gasteiger partial charge >= 0.3 is 5.97 Å². The van der Waals surface area contributed by atoms with Gasteiger partial charge in [0.05, 0.1) is 11.3 Å². The van der Waals surface area contributed by atoms with Crippen molar-refractivity contribution in [1.29, 1.82) is 0 Å². The van der Waals surface area contributed by atoms with E-state index in [2.05, 4.69) is 10.2 Å². The number of Topliss-reactive ketones (excluding diaryl/α,β-unsaturated/α-hetero) is 1. The van der Waals surface area contributed by atoms with E-state index in [1.54, 1.807) is 19.1 Å². The van der Waals surface area contributed by atoms with Crippen LogP contribution in [-0.4, -0.2) is 21.9 Å². The summed E-state index contributed by atoms with van der Waals surface area (Å²) in [5, 5.41) is 9.79. The average molecular weight is 370 g/mol. The maximum atomic E-state index is 12.1. The SMILES string of the molecule is Cc1ccc(C(=O)CCC(=O)OC(C)c2nnc(-c3cccs3)o2)cc1. The number of aryl methyl sites for hydroxylation is 1. The number of ether oxygens (including phenoxy) is 1. The average Bonchev–Trinajstić information content (AvgIpc) is 3.31. The molecule has 3 rings (SSSR count). The molecular formula is C19H18N2O4S. The van der Waals surface area contributed by atoms with Crippen LogP contribution in [0.15, 0.2) is 46.2 Å². The molecule has 7 heteroatoms. The summed E-state index contributed by atoms with van der Waals surface area (Å²) in [5.74, 6) is 0.0558. The molecule has 2 aromatic heterocycles. The monoisotopic (exact) mass is 370 g/mol. The Labute approximate surface area is 154 Å². The summed E-state index contributed by atoms with van der Waals surface area (Å²) in [5.41, 5.74) is 1.67. The van der Waals surface area contributed by atoms with E-state index in [0.717, 1.165) is 10.4 Å². The molecule has 1 atom stereocenters. The minimum absolute atomic E-state index is 0.00295. The largest absolute Gasteiger partial charge is 0.453 e. The molecule has 0 spiro atoms. The number of carbonyl (C=O) groups is 2. The fourth-order valence-corrected chi connectivity index (χ4v) is 2.95. The lowest BCUT2D eigenvalue weighted by Crippen LogP contribution is -2.11. The van der Waals surface area contributed by atoms with Crippen molar-refractivity contribution >= 4 is 23.1 Å². The molecule has 0 radical (unpaired) electrons. The van der Waals surface area contributed by atoms with E-state index >= 15 is 0 Å². The predicted octanol–water partition coefficient (Wildman–Crippen LogP) is 4.37. The van der Waals surface area contributed by atoms with E-state index in [9.17, 15) is 9.59 Å². The zero-order valence-electron chi connectivity index (χ0n) is 14.5. The van der Waals surface area contributed by atoms with Crippen LogP contribution in [0.3, 0.4) is 0 Å². The fourth-order valence-electron chi connectivity index (χ4n) is 2.30. The van der Waals surface area contributed by atoms with Crippen LogP contribution >= 0.6 is 11.3 Å². The van der Waals surface area contributed by atoms with Crippen molar-refractivity contribution in [1.82, 2.24) is 10.2 Å². The minimum atomic E-state index is -0.668. The molecule has 1 unspecified atom stereocenters. The number of hydrogen-bond donors (Lipinski definition) is 0. The number of thiophene rings is 1. The third-order valence-electron chi connectivity index (χ3n) is 3.76. The lowest BCUT2D eigenvalue weighted by Gasteiger charge is -2.09. The maximum absolute atomic E-state index is 12.1. The summed E-state index contributed by atoms with van der Waals surface area (Å²) < 4.78 is 10.8.